The van der Waals surface area contributed by atoms with Gasteiger partial charge in [-0.05, 0) is 0 Å². The van der Waals surface area contributed by atoms with E-state index in [2.05, 4.69) is 0 Å². The summed E-state index contributed by atoms with van der Waals surface area (Å²) in [6.07, 6.45) is -11.5. The van der Waals surface area contributed by atoms with Gasteiger partial charge in [0.05, 0.1) is 0 Å². The lowest BCUT2D eigenvalue weighted by Gasteiger charge is -2.26. The molecule has 0 bridgehead atoms. The SMILES string of the molecule is F[CH]C(F)(F)C(F)C(F)(F)C(F)(F)F. The highest BCUT2D eigenvalue weighted by molar-refractivity contribution is 4.96. The topological polar surface area (TPSA) is 0 Å². The Morgan fingerprint density at radius 2 is 1.21 bits per heavy atom. The molecule has 0 heterocycles. The molecule has 0 fully saturated rings. The highest BCUT2D eigenvalue weighted by Gasteiger charge is 2.70. The van der Waals surface area contributed by atoms with Crippen LogP contribution in [0.25, 0.3) is 0 Å². The maximum absolute atomic E-state index is 12.0. The van der Waals surface area contributed by atoms with Crippen LogP contribution in [0.5, 0.6) is 0 Å². The lowest BCUT2D eigenvalue weighted by molar-refractivity contribution is -0.325. The van der Waals surface area contributed by atoms with E-state index in [1.54, 1.807) is 0 Å². The van der Waals surface area contributed by atoms with E-state index in [1.807, 2.05) is 0 Å². The lowest BCUT2D eigenvalue weighted by atomic mass is 10.1. The number of alkyl halides is 8. The molecule has 0 aromatic rings. The normalized spacial score (nSPS) is 16.9. The van der Waals surface area contributed by atoms with Gasteiger partial charge in [-0.3, -0.25) is 0 Å². The molecule has 9 heteroatoms. The van der Waals surface area contributed by atoms with Crippen LogP contribution in [-0.4, -0.2) is 24.2 Å². The maximum Gasteiger partial charge on any atom is 0.456 e. The van der Waals surface area contributed by atoms with E-state index in [-0.39, 0.29) is 0 Å². The predicted octanol–water partition coefficient (Wildman–Crippen LogP) is 3.29. The largest absolute Gasteiger partial charge is 0.456 e. The third-order valence-corrected chi connectivity index (χ3v) is 1.18. The number of rotatable bonds is 3. The zero-order valence-corrected chi connectivity index (χ0v) is 6.06. The molecule has 1 atom stereocenters. The molecule has 0 rings (SSSR count). The van der Waals surface area contributed by atoms with Crippen molar-refractivity contribution in [2.24, 2.45) is 0 Å². The summed E-state index contributed by atoms with van der Waals surface area (Å²) >= 11 is 0. The third kappa shape index (κ3) is 2.24. The Hall–Kier alpha value is -0.630. The lowest BCUT2D eigenvalue weighted by Crippen LogP contribution is -2.52. The summed E-state index contributed by atoms with van der Waals surface area (Å²) in [5, 5.41) is 0. The van der Waals surface area contributed by atoms with E-state index in [0.717, 1.165) is 0 Å². The third-order valence-electron chi connectivity index (χ3n) is 1.18. The van der Waals surface area contributed by atoms with E-state index in [4.69, 9.17) is 0 Å². The smallest absolute Gasteiger partial charge is 0.237 e. The van der Waals surface area contributed by atoms with Gasteiger partial charge >= 0.3 is 18.0 Å². The van der Waals surface area contributed by atoms with Gasteiger partial charge in [0.1, 0.15) is 0 Å². The van der Waals surface area contributed by atoms with Crippen molar-refractivity contribution < 1.29 is 39.5 Å². The zero-order valence-electron chi connectivity index (χ0n) is 6.06. The highest BCUT2D eigenvalue weighted by atomic mass is 19.4. The van der Waals surface area contributed by atoms with E-state index in [1.165, 1.54) is 0 Å². The average molecular weight is 233 g/mol. The number of hydrogen-bond acceptors (Lipinski definition) is 0. The molecule has 0 nitrogen and oxygen atoms in total. The predicted molar refractivity (Wildman–Crippen MR) is 26.3 cm³/mol. The molecule has 1 unspecified atom stereocenters. The Morgan fingerprint density at radius 1 is 0.857 bits per heavy atom. The minimum atomic E-state index is -6.50. The van der Waals surface area contributed by atoms with E-state index in [9.17, 15) is 39.5 Å². The van der Waals surface area contributed by atoms with Gasteiger partial charge in [0, 0.05) is 0 Å². The Labute approximate surface area is 71.7 Å². The summed E-state index contributed by atoms with van der Waals surface area (Å²) in [6.45, 7) is -1.85. The van der Waals surface area contributed by atoms with Crippen molar-refractivity contribution in [2.75, 3.05) is 0 Å². The fraction of sp³-hybridized carbons (Fsp3) is 0.800. The molecule has 0 spiro atoms. The van der Waals surface area contributed by atoms with Crippen molar-refractivity contribution in [3.05, 3.63) is 6.67 Å². The minimum absolute atomic E-state index is 1.85. The Bertz CT molecular complexity index is 192. The summed E-state index contributed by atoms with van der Waals surface area (Å²) in [7, 11) is 0. The first-order valence-corrected chi connectivity index (χ1v) is 2.88. The van der Waals surface area contributed by atoms with Gasteiger partial charge in [0.2, 0.25) is 12.8 Å². The van der Waals surface area contributed by atoms with Gasteiger partial charge in [-0.2, -0.15) is 30.7 Å². The van der Waals surface area contributed by atoms with Crippen molar-refractivity contribution in [1.82, 2.24) is 0 Å². The van der Waals surface area contributed by atoms with Crippen molar-refractivity contribution in [2.45, 2.75) is 24.2 Å². The molecule has 0 aliphatic carbocycles. The van der Waals surface area contributed by atoms with Crippen molar-refractivity contribution in [3.8, 4) is 0 Å². The van der Waals surface area contributed by atoms with Gasteiger partial charge < -0.3 is 0 Å². The van der Waals surface area contributed by atoms with Gasteiger partial charge in [-0.1, -0.05) is 0 Å². The van der Waals surface area contributed by atoms with Gasteiger partial charge in [0.15, 0.2) is 0 Å². The molecule has 0 aromatic carbocycles. The summed E-state index contributed by atoms with van der Waals surface area (Å²) in [5.41, 5.74) is 0. The minimum Gasteiger partial charge on any atom is -0.237 e. The van der Waals surface area contributed by atoms with Crippen LogP contribution in [0.2, 0.25) is 0 Å². The number of hydrogen-bond donors (Lipinski definition) is 0. The van der Waals surface area contributed by atoms with E-state index >= 15 is 0 Å². The first-order chi connectivity index (χ1) is 5.97. The van der Waals surface area contributed by atoms with Crippen LogP contribution in [0.4, 0.5) is 39.5 Å². The van der Waals surface area contributed by atoms with Crippen LogP contribution >= 0.6 is 0 Å². The number of halogens is 9. The Kier molecular flexibility index (Phi) is 3.34. The summed E-state index contributed by atoms with van der Waals surface area (Å²) in [6, 6.07) is 0. The highest BCUT2D eigenvalue weighted by Crippen LogP contribution is 2.45. The standard InChI is InChI=1S/C5H2F9/c6-1-3(8,9)2(7)4(10,11)5(12,13)14/h1-2H. The Morgan fingerprint density at radius 3 is 1.43 bits per heavy atom. The van der Waals surface area contributed by atoms with Crippen molar-refractivity contribution in [1.29, 1.82) is 0 Å². The van der Waals surface area contributed by atoms with Crippen molar-refractivity contribution in [3.63, 3.8) is 0 Å². The average Bonchev–Trinajstić information content (AvgIpc) is 2.01. The second kappa shape index (κ2) is 3.50. The second-order valence-corrected chi connectivity index (χ2v) is 2.27. The van der Waals surface area contributed by atoms with E-state index < -0.39 is 30.9 Å². The Balaban J connectivity index is 4.94. The summed E-state index contributed by atoms with van der Waals surface area (Å²) in [4.78, 5) is 0. The fourth-order valence-corrected chi connectivity index (χ4v) is 0.441. The van der Waals surface area contributed by atoms with Crippen LogP contribution in [0.1, 0.15) is 0 Å². The van der Waals surface area contributed by atoms with Gasteiger partial charge in [-0.25, -0.2) is 8.78 Å². The molecule has 85 valence electrons. The van der Waals surface area contributed by atoms with Crippen LogP contribution in [-0.2, 0) is 0 Å². The molecular formula is C5H2F9. The first kappa shape index (κ1) is 13.4. The first-order valence-electron chi connectivity index (χ1n) is 2.88. The molecule has 0 N–H and O–H groups in total. The fourth-order valence-electron chi connectivity index (χ4n) is 0.441. The molecule has 0 saturated heterocycles. The molecule has 0 aromatic heterocycles. The van der Waals surface area contributed by atoms with Crippen LogP contribution in [0, 0.1) is 6.67 Å². The van der Waals surface area contributed by atoms with Crippen LogP contribution in [0.15, 0.2) is 0 Å². The molecule has 14 heavy (non-hydrogen) atoms. The summed E-state index contributed by atoms with van der Waals surface area (Å²) < 4.78 is 104. The van der Waals surface area contributed by atoms with E-state index in [0.29, 0.717) is 0 Å². The monoisotopic (exact) mass is 233 g/mol. The molecular weight excluding hydrogens is 231 g/mol. The molecule has 0 amide bonds. The summed E-state index contributed by atoms with van der Waals surface area (Å²) in [5.74, 6) is -11.8. The molecule has 1 radical (unpaired) electrons. The van der Waals surface area contributed by atoms with Crippen LogP contribution in [0.3, 0.4) is 0 Å². The van der Waals surface area contributed by atoms with Gasteiger partial charge in [0.25, 0.3) is 0 Å². The quantitative estimate of drug-likeness (QED) is 0.656. The maximum atomic E-state index is 12.0. The van der Waals surface area contributed by atoms with Gasteiger partial charge in [-0.15, -0.1) is 0 Å². The van der Waals surface area contributed by atoms with Crippen LogP contribution < -0.4 is 0 Å². The molecule has 0 saturated carbocycles. The second-order valence-electron chi connectivity index (χ2n) is 2.27. The molecule has 0 aliphatic heterocycles. The zero-order chi connectivity index (χ0) is 11.8. The van der Waals surface area contributed by atoms with Crippen molar-refractivity contribution >= 4 is 0 Å². The molecule has 0 aliphatic rings.